The Kier molecular flexibility index (Phi) is 5.73. The molecule has 7 nitrogen and oxygen atoms in total. The van der Waals surface area contributed by atoms with Gasteiger partial charge in [-0.3, -0.25) is 10.1 Å². The molecule has 24 heavy (non-hydrogen) atoms. The van der Waals surface area contributed by atoms with Crippen LogP contribution in [0.25, 0.3) is 0 Å². The molecule has 126 valence electrons. The van der Waals surface area contributed by atoms with E-state index in [2.05, 4.69) is 26.3 Å². The Morgan fingerprint density at radius 2 is 1.54 bits per heavy atom. The number of hydrogen-bond acceptors (Lipinski definition) is 4. The summed E-state index contributed by atoms with van der Waals surface area (Å²) < 4.78 is 0. The number of pyridine rings is 1. The number of carbonyl (C=O) groups is 2. The van der Waals surface area contributed by atoms with E-state index in [1.165, 1.54) is 6.92 Å². The predicted octanol–water partition coefficient (Wildman–Crippen LogP) is 3.31. The first kappa shape index (κ1) is 17.3. The summed E-state index contributed by atoms with van der Waals surface area (Å²) in [4.78, 5) is 26.8. The van der Waals surface area contributed by atoms with Gasteiger partial charge in [-0.15, -0.1) is 0 Å². The second-order valence-electron chi connectivity index (χ2n) is 5.57. The Balaban J connectivity index is 1.93. The molecule has 0 saturated heterocycles. The quantitative estimate of drug-likeness (QED) is 0.677. The molecule has 2 rings (SSSR count). The van der Waals surface area contributed by atoms with Gasteiger partial charge in [0.1, 0.15) is 5.82 Å². The number of nitrogens with zero attached hydrogens (tertiary/aromatic N) is 1. The molecule has 1 aromatic carbocycles. The third-order valence-electron chi connectivity index (χ3n) is 2.92. The van der Waals surface area contributed by atoms with Gasteiger partial charge in [0.25, 0.3) is 0 Å². The smallest absolute Gasteiger partial charge is 0.320 e. The van der Waals surface area contributed by atoms with Gasteiger partial charge in [-0.1, -0.05) is 0 Å². The molecule has 0 aliphatic heterocycles. The van der Waals surface area contributed by atoms with Crippen molar-refractivity contribution in [3.05, 3.63) is 42.6 Å². The second kappa shape index (κ2) is 7.96. The Labute approximate surface area is 140 Å². The highest BCUT2D eigenvalue weighted by atomic mass is 16.2. The van der Waals surface area contributed by atoms with Gasteiger partial charge in [-0.25, -0.2) is 9.78 Å². The van der Waals surface area contributed by atoms with E-state index in [-0.39, 0.29) is 18.0 Å². The van der Waals surface area contributed by atoms with Gasteiger partial charge < -0.3 is 16.0 Å². The minimum absolute atomic E-state index is 0.0615. The van der Waals surface area contributed by atoms with E-state index in [4.69, 9.17) is 0 Å². The van der Waals surface area contributed by atoms with Crippen LogP contribution in [-0.2, 0) is 4.79 Å². The van der Waals surface area contributed by atoms with Gasteiger partial charge >= 0.3 is 6.03 Å². The number of hydrogen-bond donors (Lipinski definition) is 4. The average molecular weight is 327 g/mol. The number of amides is 3. The van der Waals surface area contributed by atoms with Gasteiger partial charge in [0.05, 0.1) is 11.9 Å². The van der Waals surface area contributed by atoms with Crippen molar-refractivity contribution in [1.29, 1.82) is 0 Å². The van der Waals surface area contributed by atoms with E-state index < -0.39 is 0 Å². The standard InChI is InChI=1S/C17H21N5O2/c1-11(2)19-17(24)22-16-9-8-15(10-18-16)21-14-6-4-13(5-7-14)20-12(3)23/h4-11,21H,1-3H3,(H,20,23)(H2,18,19,22,24). The van der Waals surface area contributed by atoms with E-state index in [1.54, 1.807) is 12.3 Å². The fourth-order valence-corrected chi connectivity index (χ4v) is 1.96. The molecule has 0 atom stereocenters. The zero-order valence-electron chi connectivity index (χ0n) is 13.9. The van der Waals surface area contributed by atoms with Crippen molar-refractivity contribution in [2.45, 2.75) is 26.8 Å². The lowest BCUT2D eigenvalue weighted by atomic mass is 10.2. The molecular formula is C17H21N5O2. The molecule has 3 amide bonds. The SMILES string of the molecule is CC(=O)Nc1ccc(Nc2ccc(NC(=O)NC(C)C)nc2)cc1. The lowest BCUT2D eigenvalue weighted by Gasteiger charge is -2.11. The third-order valence-corrected chi connectivity index (χ3v) is 2.92. The molecule has 0 bridgehead atoms. The first-order valence-corrected chi connectivity index (χ1v) is 7.60. The highest BCUT2D eigenvalue weighted by Gasteiger charge is 2.04. The summed E-state index contributed by atoms with van der Waals surface area (Å²) in [5.74, 6) is 0.365. The lowest BCUT2D eigenvalue weighted by Crippen LogP contribution is -2.34. The summed E-state index contributed by atoms with van der Waals surface area (Å²) >= 11 is 0. The number of urea groups is 1. The number of rotatable bonds is 5. The molecule has 7 heteroatoms. The van der Waals surface area contributed by atoms with Gasteiger partial charge in [0.2, 0.25) is 5.91 Å². The second-order valence-corrected chi connectivity index (χ2v) is 5.57. The van der Waals surface area contributed by atoms with Crippen LogP contribution < -0.4 is 21.3 Å². The molecule has 0 spiro atoms. The number of nitrogens with one attached hydrogen (secondary N) is 4. The average Bonchev–Trinajstić information content (AvgIpc) is 2.50. The molecule has 4 N–H and O–H groups in total. The maximum Gasteiger partial charge on any atom is 0.320 e. The Hall–Kier alpha value is -3.09. The minimum Gasteiger partial charge on any atom is -0.354 e. The first-order chi connectivity index (χ1) is 11.4. The topological polar surface area (TPSA) is 95.2 Å². The van der Waals surface area contributed by atoms with Crippen LogP contribution in [0, 0.1) is 0 Å². The van der Waals surface area contributed by atoms with Gasteiger partial charge in [-0.05, 0) is 50.2 Å². The Bertz CT molecular complexity index is 696. The van der Waals surface area contributed by atoms with E-state index in [0.717, 1.165) is 17.1 Å². The van der Waals surface area contributed by atoms with Gasteiger partial charge in [0, 0.05) is 24.3 Å². The zero-order chi connectivity index (χ0) is 17.5. The molecule has 0 fully saturated rings. The molecule has 0 radical (unpaired) electrons. The zero-order valence-corrected chi connectivity index (χ0v) is 13.9. The monoisotopic (exact) mass is 327 g/mol. The normalized spacial score (nSPS) is 10.2. The Morgan fingerprint density at radius 1 is 0.917 bits per heavy atom. The summed E-state index contributed by atoms with van der Waals surface area (Å²) in [6, 6.07) is 10.6. The molecule has 2 aromatic rings. The number of anilines is 4. The van der Waals surface area contributed by atoms with Crippen LogP contribution in [0.2, 0.25) is 0 Å². The predicted molar refractivity (Wildman–Crippen MR) is 95.6 cm³/mol. The molecule has 0 saturated carbocycles. The molecule has 1 aromatic heterocycles. The van der Waals surface area contributed by atoms with E-state index >= 15 is 0 Å². The lowest BCUT2D eigenvalue weighted by molar-refractivity contribution is -0.114. The van der Waals surface area contributed by atoms with Crippen molar-refractivity contribution in [2.75, 3.05) is 16.0 Å². The number of carbonyl (C=O) groups excluding carboxylic acids is 2. The van der Waals surface area contributed by atoms with Crippen LogP contribution in [-0.4, -0.2) is 23.0 Å². The first-order valence-electron chi connectivity index (χ1n) is 7.60. The van der Waals surface area contributed by atoms with Crippen molar-refractivity contribution in [3.8, 4) is 0 Å². The minimum atomic E-state index is -0.285. The molecule has 1 heterocycles. The van der Waals surface area contributed by atoms with E-state index in [9.17, 15) is 9.59 Å². The van der Waals surface area contributed by atoms with Crippen LogP contribution in [0.1, 0.15) is 20.8 Å². The molecule has 0 aliphatic carbocycles. The summed E-state index contributed by atoms with van der Waals surface area (Å²) in [5, 5.41) is 11.3. The van der Waals surface area contributed by atoms with Crippen LogP contribution in [0.4, 0.5) is 27.7 Å². The van der Waals surface area contributed by atoms with Crippen LogP contribution in [0.3, 0.4) is 0 Å². The maximum absolute atomic E-state index is 11.6. The van der Waals surface area contributed by atoms with Crippen LogP contribution >= 0.6 is 0 Å². The maximum atomic E-state index is 11.6. The molecule has 0 aliphatic rings. The number of benzene rings is 1. The van der Waals surface area contributed by atoms with Crippen molar-refractivity contribution >= 4 is 34.8 Å². The highest BCUT2D eigenvalue weighted by molar-refractivity contribution is 5.89. The van der Waals surface area contributed by atoms with Crippen molar-refractivity contribution < 1.29 is 9.59 Å². The fourth-order valence-electron chi connectivity index (χ4n) is 1.96. The summed E-state index contributed by atoms with van der Waals surface area (Å²) in [6.45, 7) is 5.24. The summed E-state index contributed by atoms with van der Waals surface area (Å²) in [7, 11) is 0. The van der Waals surface area contributed by atoms with Gasteiger partial charge in [0.15, 0.2) is 0 Å². The summed E-state index contributed by atoms with van der Waals surface area (Å²) in [5.41, 5.74) is 2.39. The molecular weight excluding hydrogens is 306 g/mol. The summed E-state index contributed by atoms with van der Waals surface area (Å²) in [6.07, 6.45) is 1.63. The fraction of sp³-hybridized carbons (Fsp3) is 0.235. The van der Waals surface area contributed by atoms with Crippen LogP contribution in [0.15, 0.2) is 42.6 Å². The number of aromatic nitrogens is 1. The highest BCUT2D eigenvalue weighted by Crippen LogP contribution is 2.19. The van der Waals surface area contributed by atoms with Crippen molar-refractivity contribution in [3.63, 3.8) is 0 Å². The van der Waals surface area contributed by atoms with Crippen molar-refractivity contribution in [2.24, 2.45) is 0 Å². The van der Waals surface area contributed by atoms with E-state index in [1.807, 2.05) is 44.2 Å². The third kappa shape index (κ3) is 5.60. The van der Waals surface area contributed by atoms with Crippen LogP contribution in [0.5, 0.6) is 0 Å². The largest absolute Gasteiger partial charge is 0.354 e. The van der Waals surface area contributed by atoms with Gasteiger partial charge in [-0.2, -0.15) is 0 Å². The van der Waals surface area contributed by atoms with Crippen molar-refractivity contribution in [1.82, 2.24) is 10.3 Å². The molecule has 0 unspecified atom stereocenters. The Morgan fingerprint density at radius 3 is 2.08 bits per heavy atom. The van der Waals surface area contributed by atoms with E-state index in [0.29, 0.717) is 5.82 Å².